The second kappa shape index (κ2) is 7.88. The third-order valence-electron chi connectivity index (χ3n) is 4.67. The molecule has 0 saturated carbocycles. The number of esters is 1. The van der Waals surface area contributed by atoms with Crippen LogP contribution in [0.1, 0.15) is 64.7 Å². The first-order valence-corrected chi connectivity index (χ1v) is 8.21. The zero-order chi connectivity index (χ0) is 13.5. The summed E-state index contributed by atoms with van der Waals surface area (Å²) in [6, 6.07) is 0.686. The summed E-state index contributed by atoms with van der Waals surface area (Å²) in [5.41, 5.74) is 0. The van der Waals surface area contributed by atoms with Crippen LogP contribution in [0.3, 0.4) is 0 Å². The van der Waals surface area contributed by atoms with Gasteiger partial charge in [-0.1, -0.05) is 26.2 Å². The van der Waals surface area contributed by atoms with Gasteiger partial charge < -0.3 is 4.74 Å². The summed E-state index contributed by atoms with van der Waals surface area (Å²) in [5.74, 6) is 0.602. The van der Waals surface area contributed by atoms with Crippen molar-refractivity contribution < 1.29 is 9.53 Å². The Morgan fingerprint density at radius 3 is 2.84 bits per heavy atom. The fraction of sp³-hybridized carbons (Fsp3) is 0.938. The minimum atomic E-state index is 0.0152. The van der Waals surface area contributed by atoms with Crippen molar-refractivity contribution in [1.82, 2.24) is 4.90 Å². The van der Waals surface area contributed by atoms with Crippen molar-refractivity contribution in [1.29, 1.82) is 0 Å². The molecule has 2 rings (SSSR count). The van der Waals surface area contributed by atoms with Crippen LogP contribution in [0.5, 0.6) is 0 Å². The molecule has 3 nitrogen and oxygen atoms in total. The van der Waals surface area contributed by atoms with Gasteiger partial charge in [0.1, 0.15) is 0 Å². The highest BCUT2D eigenvalue weighted by atomic mass is 16.5. The van der Waals surface area contributed by atoms with Crippen molar-refractivity contribution in [2.45, 2.75) is 70.8 Å². The lowest BCUT2D eigenvalue weighted by Crippen LogP contribution is -2.49. The van der Waals surface area contributed by atoms with Crippen molar-refractivity contribution in [3.8, 4) is 0 Å². The molecule has 110 valence electrons. The molecule has 2 saturated heterocycles. The van der Waals surface area contributed by atoms with Gasteiger partial charge in [0.25, 0.3) is 0 Å². The number of unbranched alkanes of at least 4 members (excludes halogenated alkanes) is 2. The van der Waals surface area contributed by atoms with Gasteiger partial charge in [-0.25, -0.2) is 0 Å². The average Bonchev–Trinajstić information content (AvgIpc) is 2.45. The molecule has 2 atom stereocenters. The Labute approximate surface area is 117 Å². The summed E-state index contributed by atoms with van der Waals surface area (Å²) in [7, 11) is 0. The number of ether oxygens (including phenoxy) is 1. The van der Waals surface area contributed by atoms with E-state index in [0.717, 1.165) is 19.3 Å². The van der Waals surface area contributed by atoms with Crippen molar-refractivity contribution >= 4 is 5.97 Å². The molecule has 2 heterocycles. The number of carbonyl (C=O) groups excluding carboxylic acids is 1. The first kappa shape index (κ1) is 14.8. The SMILES string of the molecule is CCCCCC(=O)OCC1CCCN2CCCCC12. The minimum absolute atomic E-state index is 0.0152. The van der Waals surface area contributed by atoms with Gasteiger partial charge in [-0.2, -0.15) is 0 Å². The predicted molar refractivity (Wildman–Crippen MR) is 77.0 cm³/mol. The van der Waals surface area contributed by atoms with Gasteiger partial charge in [-0.15, -0.1) is 0 Å². The fourth-order valence-corrected chi connectivity index (χ4v) is 3.56. The van der Waals surface area contributed by atoms with Crippen molar-refractivity contribution in [2.75, 3.05) is 19.7 Å². The standard InChI is InChI=1S/C16H29NO2/c1-2-3-4-10-16(18)19-13-14-8-7-12-17-11-6-5-9-15(14)17/h14-15H,2-13H2,1H3. The Bertz CT molecular complexity index is 278. The maximum atomic E-state index is 11.7. The van der Waals surface area contributed by atoms with Gasteiger partial charge in [-0.05, 0) is 45.2 Å². The summed E-state index contributed by atoms with van der Waals surface area (Å²) in [6.45, 7) is 5.33. The molecule has 0 radical (unpaired) electrons. The van der Waals surface area contributed by atoms with E-state index in [1.165, 1.54) is 45.2 Å². The quantitative estimate of drug-likeness (QED) is 0.546. The van der Waals surface area contributed by atoms with E-state index in [2.05, 4.69) is 11.8 Å². The molecule has 2 unspecified atom stereocenters. The van der Waals surface area contributed by atoms with E-state index in [-0.39, 0.29) is 5.97 Å². The van der Waals surface area contributed by atoms with E-state index in [1.54, 1.807) is 0 Å². The monoisotopic (exact) mass is 267 g/mol. The predicted octanol–water partition coefficient (Wildman–Crippen LogP) is 3.37. The van der Waals surface area contributed by atoms with Gasteiger partial charge in [-0.3, -0.25) is 9.69 Å². The molecule has 0 N–H and O–H groups in total. The molecule has 0 aromatic carbocycles. The second-order valence-corrected chi connectivity index (χ2v) is 6.14. The molecule has 0 bridgehead atoms. The molecular formula is C16H29NO2. The Morgan fingerprint density at radius 1 is 1.16 bits per heavy atom. The normalized spacial score (nSPS) is 27.8. The first-order chi connectivity index (χ1) is 9.31. The maximum Gasteiger partial charge on any atom is 0.305 e. The molecule has 0 aromatic heterocycles. The van der Waals surface area contributed by atoms with Crippen LogP contribution < -0.4 is 0 Å². The van der Waals surface area contributed by atoms with Gasteiger partial charge >= 0.3 is 5.97 Å². The van der Waals surface area contributed by atoms with E-state index in [0.29, 0.717) is 25.0 Å². The Morgan fingerprint density at radius 2 is 2.00 bits per heavy atom. The minimum Gasteiger partial charge on any atom is -0.465 e. The molecule has 0 aliphatic carbocycles. The lowest BCUT2D eigenvalue weighted by atomic mass is 9.84. The van der Waals surface area contributed by atoms with Crippen LogP contribution in [0.2, 0.25) is 0 Å². The van der Waals surface area contributed by atoms with Crippen LogP contribution in [0.15, 0.2) is 0 Å². The van der Waals surface area contributed by atoms with E-state index < -0.39 is 0 Å². The summed E-state index contributed by atoms with van der Waals surface area (Å²) in [4.78, 5) is 14.3. The number of carbonyl (C=O) groups is 1. The van der Waals surface area contributed by atoms with Gasteiger partial charge in [0, 0.05) is 18.4 Å². The molecule has 0 amide bonds. The molecular weight excluding hydrogens is 238 g/mol. The molecule has 2 aliphatic heterocycles. The highest BCUT2D eigenvalue weighted by Crippen LogP contribution is 2.31. The van der Waals surface area contributed by atoms with E-state index in [1.807, 2.05) is 0 Å². The Balaban J connectivity index is 1.70. The third-order valence-corrected chi connectivity index (χ3v) is 4.67. The molecule has 3 heteroatoms. The summed E-state index contributed by atoms with van der Waals surface area (Å²) < 4.78 is 5.51. The largest absolute Gasteiger partial charge is 0.465 e. The Kier molecular flexibility index (Phi) is 6.15. The zero-order valence-electron chi connectivity index (χ0n) is 12.4. The van der Waals surface area contributed by atoms with Crippen molar-refractivity contribution in [3.63, 3.8) is 0 Å². The molecule has 0 aromatic rings. The zero-order valence-corrected chi connectivity index (χ0v) is 12.4. The summed E-state index contributed by atoms with van der Waals surface area (Å²) in [6.07, 6.45) is 10.4. The van der Waals surface area contributed by atoms with Gasteiger partial charge in [0.2, 0.25) is 0 Å². The van der Waals surface area contributed by atoms with Crippen LogP contribution in [-0.2, 0) is 9.53 Å². The molecule has 2 aliphatic rings. The highest BCUT2D eigenvalue weighted by molar-refractivity contribution is 5.69. The summed E-state index contributed by atoms with van der Waals surface area (Å²) >= 11 is 0. The van der Waals surface area contributed by atoms with E-state index >= 15 is 0 Å². The van der Waals surface area contributed by atoms with Crippen molar-refractivity contribution in [2.24, 2.45) is 5.92 Å². The van der Waals surface area contributed by atoms with E-state index in [4.69, 9.17) is 4.74 Å². The van der Waals surface area contributed by atoms with Gasteiger partial charge in [0.15, 0.2) is 0 Å². The van der Waals surface area contributed by atoms with Crippen molar-refractivity contribution in [3.05, 3.63) is 0 Å². The molecule has 19 heavy (non-hydrogen) atoms. The highest BCUT2D eigenvalue weighted by Gasteiger charge is 2.33. The molecule has 0 spiro atoms. The number of fused-ring (bicyclic) bond motifs is 1. The molecule has 2 fully saturated rings. The average molecular weight is 267 g/mol. The lowest BCUT2D eigenvalue weighted by Gasteiger charge is -2.44. The number of hydrogen-bond acceptors (Lipinski definition) is 3. The number of piperidine rings is 2. The van der Waals surface area contributed by atoms with Gasteiger partial charge in [0.05, 0.1) is 6.61 Å². The second-order valence-electron chi connectivity index (χ2n) is 6.14. The third kappa shape index (κ3) is 4.48. The first-order valence-electron chi connectivity index (χ1n) is 8.21. The van der Waals surface area contributed by atoms with Crippen LogP contribution in [0.25, 0.3) is 0 Å². The topological polar surface area (TPSA) is 29.5 Å². The van der Waals surface area contributed by atoms with Crippen LogP contribution in [-0.4, -0.2) is 36.6 Å². The van der Waals surface area contributed by atoms with Crippen LogP contribution in [0, 0.1) is 5.92 Å². The number of rotatable bonds is 6. The Hall–Kier alpha value is -0.570. The number of nitrogens with zero attached hydrogens (tertiary/aromatic N) is 1. The smallest absolute Gasteiger partial charge is 0.305 e. The number of hydrogen-bond donors (Lipinski definition) is 0. The summed E-state index contributed by atoms with van der Waals surface area (Å²) in [5, 5.41) is 0. The fourth-order valence-electron chi connectivity index (χ4n) is 3.56. The lowest BCUT2D eigenvalue weighted by molar-refractivity contribution is -0.146. The van der Waals surface area contributed by atoms with Crippen LogP contribution in [0.4, 0.5) is 0 Å². The van der Waals surface area contributed by atoms with E-state index in [9.17, 15) is 4.79 Å². The van der Waals surface area contributed by atoms with Crippen LogP contribution >= 0.6 is 0 Å². The maximum absolute atomic E-state index is 11.7.